The number of carbonyl (C=O) groups excluding carboxylic acids is 1. The molecular weight excluding hydrogens is 244 g/mol. The minimum Gasteiger partial charge on any atom is -0.481 e. The minimum absolute atomic E-state index is 0.0161. The Morgan fingerprint density at radius 3 is 2.47 bits per heavy atom. The summed E-state index contributed by atoms with van der Waals surface area (Å²) < 4.78 is 0. The predicted molar refractivity (Wildman–Crippen MR) is 72.2 cm³/mol. The number of urea groups is 1. The summed E-state index contributed by atoms with van der Waals surface area (Å²) in [6.07, 6.45) is 1.90. The smallest absolute Gasteiger partial charge is 0.322 e. The second-order valence-electron chi connectivity index (χ2n) is 4.86. The average molecular weight is 262 g/mol. The van der Waals surface area contributed by atoms with Crippen LogP contribution in [0.25, 0.3) is 0 Å². The fraction of sp³-hybridized carbons (Fsp3) is 0.429. The number of anilines is 1. The standard InChI is InChI=1S/C14H18N2O3/c1-10-2-4-11(5-3-10)15-14(19)16(12-6-7-12)9-8-13(17)18/h2-5,12H,6-9H2,1H3,(H,15,19)(H,17,18). The van der Waals surface area contributed by atoms with Crippen molar-refractivity contribution in [1.82, 2.24) is 4.90 Å². The maximum absolute atomic E-state index is 12.1. The molecular formula is C14H18N2O3. The molecule has 0 unspecified atom stereocenters. The Morgan fingerprint density at radius 2 is 1.95 bits per heavy atom. The number of nitrogens with one attached hydrogen (secondary N) is 1. The first-order valence-corrected chi connectivity index (χ1v) is 6.42. The molecule has 19 heavy (non-hydrogen) atoms. The number of amides is 2. The van der Waals surface area contributed by atoms with Crippen LogP contribution in [0.4, 0.5) is 10.5 Å². The summed E-state index contributed by atoms with van der Waals surface area (Å²) in [4.78, 5) is 24.3. The van der Waals surface area contributed by atoms with Gasteiger partial charge in [-0.1, -0.05) is 17.7 Å². The molecule has 0 radical (unpaired) electrons. The van der Waals surface area contributed by atoms with Gasteiger partial charge in [-0.3, -0.25) is 4.79 Å². The van der Waals surface area contributed by atoms with Crippen molar-refractivity contribution in [2.45, 2.75) is 32.2 Å². The first kappa shape index (κ1) is 13.4. The normalized spacial score (nSPS) is 13.9. The summed E-state index contributed by atoms with van der Waals surface area (Å²) in [6, 6.07) is 7.52. The lowest BCUT2D eigenvalue weighted by Gasteiger charge is -2.22. The van der Waals surface area contributed by atoms with E-state index in [-0.39, 0.29) is 25.0 Å². The van der Waals surface area contributed by atoms with Crippen molar-refractivity contribution in [1.29, 1.82) is 0 Å². The summed E-state index contributed by atoms with van der Waals surface area (Å²) in [5, 5.41) is 11.5. The van der Waals surface area contributed by atoms with Crippen molar-refractivity contribution in [2.24, 2.45) is 0 Å². The average Bonchev–Trinajstić information content (AvgIpc) is 3.16. The van der Waals surface area contributed by atoms with Crippen LogP contribution in [-0.4, -0.2) is 34.6 Å². The third kappa shape index (κ3) is 3.98. The van der Waals surface area contributed by atoms with Gasteiger partial charge in [-0.15, -0.1) is 0 Å². The maximum atomic E-state index is 12.1. The van der Waals surface area contributed by atoms with Crippen molar-refractivity contribution in [3.05, 3.63) is 29.8 Å². The largest absolute Gasteiger partial charge is 0.481 e. The molecule has 1 saturated carbocycles. The fourth-order valence-corrected chi connectivity index (χ4v) is 1.88. The highest BCUT2D eigenvalue weighted by Gasteiger charge is 2.32. The minimum atomic E-state index is -0.881. The third-order valence-corrected chi connectivity index (χ3v) is 3.12. The van der Waals surface area contributed by atoms with Gasteiger partial charge in [-0.05, 0) is 31.9 Å². The van der Waals surface area contributed by atoms with Crippen LogP contribution in [0.1, 0.15) is 24.8 Å². The first-order valence-electron chi connectivity index (χ1n) is 6.42. The highest BCUT2D eigenvalue weighted by molar-refractivity contribution is 5.90. The van der Waals surface area contributed by atoms with Crippen molar-refractivity contribution in [3.63, 3.8) is 0 Å². The van der Waals surface area contributed by atoms with Crippen LogP contribution in [0, 0.1) is 6.92 Å². The summed E-state index contributed by atoms with van der Waals surface area (Å²) in [5.74, 6) is -0.881. The molecule has 0 spiro atoms. The van der Waals surface area contributed by atoms with E-state index in [4.69, 9.17) is 5.11 Å². The van der Waals surface area contributed by atoms with E-state index >= 15 is 0 Å². The van der Waals surface area contributed by atoms with Crippen molar-refractivity contribution >= 4 is 17.7 Å². The summed E-state index contributed by atoms with van der Waals surface area (Å²) >= 11 is 0. The van der Waals surface area contributed by atoms with Gasteiger partial charge in [-0.25, -0.2) is 4.79 Å². The first-order chi connectivity index (χ1) is 9.06. The molecule has 102 valence electrons. The number of nitrogens with zero attached hydrogens (tertiary/aromatic N) is 1. The molecule has 0 bridgehead atoms. The van der Waals surface area contributed by atoms with Crippen LogP contribution >= 0.6 is 0 Å². The topological polar surface area (TPSA) is 69.6 Å². The van der Waals surface area contributed by atoms with E-state index in [0.29, 0.717) is 0 Å². The summed E-state index contributed by atoms with van der Waals surface area (Å²) in [7, 11) is 0. The number of carboxylic acids is 1. The monoisotopic (exact) mass is 262 g/mol. The number of carbonyl (C=O) groups is 2. The molecule has 1 aliphatic rings. The highest BCUT2D eigenvalue weighted by atomic mass is 16.4. The Hall–Kier alpha value is -2.04. The molecule has 2 rings (SSSR count). The second kappa shape index (κ2) is 5.73. The van der Waals surface area contributed by atoms with Crippen LogP contribution < -0.4 is 5.32 Å². The van der Waals surface area contributed by atoms with Crippen molar-refractivity contribution < 1.29 is 14.7 Å². The SMILES string of the molecule is Cc1ccc(NC(=O)N(CCC(=O)O)C2CC2)cc1. The molecule has 0 saturated heterocycles. The molecule has 5 heteroatoms. The van der Waals surface area contributed by atoms with E-state index in [2.05, 4.69) is 5.32 Å². The summed E-state index contributed by atoms with van der Waals surface area (Å²) in [6.45, 7) is 2.24. The van der Waals surface area contributed by atoms with E-state index in [1.165, 1.54) is 0 Å². The van der Waals surface area contributed by atoms with Gasteiger partial charge in [0.15, 0.2) is 0 Å². The van der Waals surface area contributed by atoms with Crippen LogP contribution in [0.15, 0.2) is 24.3 Å². The van der Waals surface area contributed by atoms with E-state index in [1.54, 1.807) is 4.90 Å². The Kier molecular flexibility index (Phi) is 4.04. The Bertz CT molecular complexity index is 466. The van der Waals surface area contributed by atoms with E-state index in [0.717, 1.165) is 24.1 Å². The quantitative estimate of drug-likeness (QED) is 0.856. The van der Waals surface area contributed by atoms with E-state index in [1.807, 2.05) is 31.2 Å². The van der Waals surface area contributed by atoms with Crippen LogP contribution in [0.5, 0.6) is 0 Å². The molecule has 0 atom stereocenters. The fourth-order valence-electron chi connectivity index (χ4n) is 1.88. The van der Waals surface area contributed by atoms with E-state index in [9.17, 15) is 9.59 Å². The molecule has 1 aromatic rings. The molecule has 1 fully saturated rings. The highest BCUT2D eigenvalue weighted by Crippen LogP contribution is 2.27. The number of carboxylic acid groups (broad SMARTS) is 1. The molecule has 5 nitrogen and oxygen atoms in total. The number of rotatable bonds is 5. The molecule has 0 heterocycles. The zero-order chi connectivity index (χ0) is 13.8. The second-order valence-corrected chi connectivity index (χ2v) is 4.86. The summed E-state index contributed by atoms with van der Waals surface area (Å²) in [5.41, 5.74) is 1.86. The lowest BCUT2D eigenvalue weighted by Crippen LogP contribution is -2.38. The number of aryl methyl sites for hydroxylation is 1. The van der Waals surface area contributed by atoms with Gasteiger partial charge < -0.3 is 15.3 Å². The number of hydrogen-bond donors (Lipinski definition) is 2. The lowest BCUT2D eigenvalue weighted by molar-refractivity contribution is -0.137. The van der Waals surface area contributed by atoms with Crippen molar-refractivity contribution in [2.75, 3.05) is 11.9 Å². The Labute approximate surface area is 112 Å². The van der Waals surface area contributed by atoms with Gasteiger partial charge in [-0.2, -0.15) is 0 Å². The third-order valence-electron chi connectivity index (χ3n) is 3.12. The maximum Gasteiger partial charge on any atom is 0.322 e. The van der Waals surface area contributed by atoms with Gasteiger partial charge in [0.1, 0.15) is 0 Å². The van der Waals surface area contributed by atoms with Crippen LogP contribution in [0.3, 0.4) is 0 Å². The predicted octanol–water partition coefficient (Wildman–Crippen LogP) is 2.47. The number of benzene rings is 1. The van der Waals surface area contributed by atoms with Gasteiger partial charge in [0.25, 0.3) is 0 Å². The Morgan fingerprint density at radius 1 is 1.32 bits per heavy atom. The van der Waals surface area contributed by atoms with Gasteiger partial charge in [0.05, 0.1) is 6.42 Å². The van der Waals surface area contributed by atoms with Gasteiger partial charge in [0, 0.05) is 18.3 Å². The molecule has 1 aliphatic carbocycles. The number of aliphatic carboxylic acids is 1. The number of hydrogen-bond acceptors (Lipinski definition) is 2. The molecule has 2 amide bonds. The zero-order valence-corrected chi connectivity index (χ0v) is 10.9. The van der Waals surface area contributed by atoms with Gasteiger partial charge in [0.2, 0.25) is 0 Å². The Balaban J connectivity index is 1.95. The molecule has 2 N–H and O–H groups in total. The lowest BCUT2D eigenvalue weighted by atomic mass is 10.2. The van der Waals surface area contributed by atoms with Gasteiger partial charge >= 0.3 is 12.0 Å². The molecule has 1 aromatic carbocycles. The van der Waals surface area contributed by atoms with Crippen LogP contribution in [-0.2, 0) is 4.79 Å². The molecule has 0 aromatic heterocycles. The van der Waals surface area contributed by atoms with Crippen molar-refractivity contribution in [3.8, 4) is 0 Å². The zero-order valence-electron chi connectivity index (χ0n) is 10.9. The molecule has 0 aliphatic heterocycles. The van der Waals surface area contributed by atoms with Crippen LogP contribution in [0.2, 0.25) is 0 Å². The van der Waals surface area contributed by atoms with E-state index < -0.39 is 5.97 Å².